The zero-order chi connectivity index (χ0) is 13.9. The van der Waals surface area contributed by atoms with E-state index in [1.165, 1.54) is 0 Å². The number of hydrogen-bond acceptors (Lipinski definition) is 4. The molecule has 2 rings (SSSR count). The minimum atomic E-state index is 0.111. The van der Waals surface area contributed by atoms with Crippen LogP contribution in [-0.4, -0.2) is 32.5 Å². The molecular formula is C14H20ClNO3. The van der Waals surface area contributed by atoms with E-state index in [2.05, 4.69) is 5.32 Å². The van der Waals surface area contributed by atoms with Crippen molar-refractivity contribution < 1.29 is 14.6 Å². The number of nitrogens with one attached hydrogen (secondary N) is 1. The molecule has 0 spiro atoms. The smallest absolute Gasteiger partial charge is 0.179 e. The lowest BCUT2D eigenvalue weighted by Crippen LogP contribution is -2.26. The molecule has 0 heterocycles. The molecule has 0 radical (unpaired) electrons. The Morgan fingerprint density at radius 2 is 2.05 bits per heavy atom. The summed E-state index contributed by atoms with van der Waals surface area (Å²) in [6.45, 7) is 1.78. The molecule has 0 aromatic heterocycles. The van der Waals surface area contributed by atoms with Crippen LogP contribution in [0.2, 0.25) is 5.02 Å². The van der Waals surface area contributed by atoms with E-state index in [1.54, 1.807) is 14.2 Å². The maximum atomic E-state index is 9.25. The van der Waals surface area contributed by atoms with Crippen LogP contribution in [0.4, 0.5) is 0 Å². The zero-order valence-electron chi connectivity index (χ0n) is 11.3. The summed E-state index contributed by atoms with van der Waals surface area (Å²) in [6, 6.07) is 3.78. The Kier molecular flexibility index (Phi) is 4.55. The van der Waals surface area contributed by atoms with Gasteiger partial charge >= 0.3 is 0 Å². The lowest BCUT2D eigenvalue weighted by atomic mass is 10.1. The fourth-order valence-corrected chi connectivity index (χ4v) is 2.42. The monoisotopic (exact) mass is 285 g/mol. The molecule has 5 heteroatoms. The van der Waals surface area contributed by atoms with Gasteiger partial charge in [0.1, 0.15) is 0 Å². The molecule has 4 nitrogen and oxygen atoms in total. The Morgan fingerprint density at radius 3 is 2.58 bits per heavy atom. The molecule has 0 amide bonds. The second kappa shape index (κ2) is 5.99. The number of ether oxygens (including phenoxy) is 2. The van der Waals surface area contributed by atoms with E-state index in [-0.39, 0.29) is 12.0 Å². The highest BCUT2D eigenvalue weighted by Gasteiger charge is 2.41. The molecule has 1 aromatic rings. The number of aliphatic hydroxyl groups is 1. The van der Waals surface area contributed by atoms with Crippen LogP contribution in [-0.2, 0) is 6.54 Å². The molecule has 1 aliphatic carbocycles. The Labute approximate surface area is 118 Å². The molecule has 1 fully saturated rings. The Morgan fingerprint density at radius 1 is 1.32 bits per heavy atom. The van der Waals surface area contributed by atoms with Gasteiger partial charge in [-0.05, 0) is 30.5 Å². The van der Waals surface area contributed by atoms with Crippen LogP contribution in [0.5, 0.6) is 11.5 Å². The second-order valence-electron chi connectivity index (χ2n) is 5.07. The van der Waals surface area contributed by atoms with Gasteiger partial charge in [-0.15, -0.1) is 0 Å². The van der Waals surface area contributed by atoms with Gasteiger partial charge in [-0.1, -0.05) is 11.6 Å². The van der Waals surface area contributed by atoms with Crippen LogP contribution >= 0.6 is 11.6 Å². The number of aliphatic hydroxyl groups excluding tert-OH is 1. The van der Waals surface area contributed by atoms with Gasteiger partial charge in [0.2, 0.25) is 0 Å². The summed E-state index contributed by atoms with van der Waals surface area (Å²) in [5.41, 5.74) is 1.15. The average molecular weight is 286 g/mol. The van der Waals surface area contributed by atoms with Crippen LogP contribution in [0.15, 0.2) is 12.1 Å². The predicted molar refractivity (Wildman–Crippen MR) is 75.0 cm³/mol. The number of halogens is 1. The molecule has 1 aliphatic rings. The molecule has 106 valence electrons. The van der Waals surface area contributed by atoms with Crippen LogP contribution in [0.1, 0.15) is 18.4 Å². The molecule has 0 atom stereocenters. The van der Waals surface area contributed by atoms with Gasteiger partial charge in [-0.2, -0.15) is 0 Å². The van der Waals surface area contributed by atoms with E-state index in [9.17, 15) is 5.11 Å². The predicted octanol–water partition coefficient (Wildman–Crippen LogP) is 2.22. The van der Waals surface area contributed by atoms with Crippen molar-refractivity contribution in [1.82, 2.24) is 5.32 Å². The standard InChI is InChI=1S/C14H20ClNO3/c1-18-12-6-10(5-11(15)13(12)19-2)7-16-8-14(9-17)3-4-14/h5-6,16-17H,3-4,7-9H2,1-2H3. The van der Waals surface area contributed by atoms with E-state index in [0.29, 0.717) is 23.1 Å². The summed E-state index contributed by atoms with van der Waals surface area (Å²) >= 11 is 6.15. The second-order valence-corrected chi connectivity index (χ2v) is 5.48. The van der Waals surface area contributed by atoms with Crippen molar-refractivity contribution in [2.24, 2.45) is 5.41 Å². The van der Waals surface area contributed by atoms with E-state index < -0.39 is 0 Å². The molecule has 0 bridgehead atoms. The van der Waals surface area contributed by atoms with Gasteiger partial charge in [0, 0.05) is 25.1 Å². The van der Waals surface area contributed by atoms with E-state index >= 15 is 0 Å². The third kappa shape index (κ3) is 3.32. The Hall–Kier alpha value is -0.970. The molecule has 1 aromatic carbocycles. The molecule has 2 N–H and O–H groups in total. The van der Waals surface area contributed by atoms with Crippen molar-refractivity contribution in [2.75, 3.05) is 27.4 Å². The molecule has 0 aliphatic heterocycles. The van der Waals surface area contributed by atoms with Crippen LogP contribution in [0.3, 0.4) is 0 Å². The first-order valence-electron chi connectivity index (χ1n) is 6.36. The Bertz CT molecular complexity index is 447. The van der Waals surface area contributed by atoms with Gasteiger partial charge in [-0.25, -0.2) is 0 Å². The number of benzene rings is 1. The lowest BCUT2D eigenvalue weighted by molar-refractivity contribution is 0.207. The minimum absolute atomic E-state index is 0.111. The number of hydrogen-bond donors (Lipinski definition) is 2. The van der Waals surface area contributed by atoms with E-state index in [1.807, 2.05) is 12.1 Å². The van der Waals surface area contributed by atoms with Gasteiger partial charge < -0.3 is 19.9 Å². The van der Waals surface area contributed by atoms with Crippen molar-refractivity contribution in [3.05, 3.63) is 22.7 Å². The summed E-state index contributed by atoms with van der Waals surface area (Å²) in [5, 5.41) is 13.2. The molecule has 0 unspecified atom stereocenters. The summed E-state index contributed by atoms with van der Waals surface area (Å²) in [7, 11) is 3.16. The fourth-order valence-electron chi connectivity index (χ4n) is 2.11. The Balaban J connectivity index is 1.98. The first-order chi connectivity index (χ1) is 9.14. The lowest BCUT2D eigenvalue weighted by Gasteiger charge is -2.15. The van der Waals surface area contributed by atoms with Crippen molar-refractivity contribution in [2.45, 2.75) is 19.4 Å². The third-order valence-electron chi connectivity index (χ3n) is 3.61. The van der Waals surface area contributed by atoms with Gasteiger partial charge in [0.25, 0.3) is 0 Å². The highest BCUT2D eigenvalue weighted by Crippen LogP contribution is 2.44. The van der Waals surface area contributed by atoms with Crippen LogP contribution in [0, 0.1) is 5.41 Å². The summed E-state index contributed by atoms with van der Waals surface area (Å²) in [6.07, 6.45) is 2.20. The van der Waals surface area contributed by atoms with Crippen molar-refractivity contribution in [1.29, 1.82) is 0 Å². The average Bonchev–Trinajstić information content (AvgIpc) is 3.18. The van der Waals surface area contributed by atoms with E-state index in [0.717, 1.165) is 24.9 Å². The number of methoxy groups -OCH3 is 2. The summed E-state index contributed by atoms with van der Waals surface area (Å²) in [4.78, 5) is 0. The normalized spacial score (nSPS) is 16.2. The van der Waals surface area contributed by atoms with Gasteiger partial charge in [0.15, 0.2) is 11.5 Å². The summed E-state index contributed by atoms with van der Waals surface area (Å²) in [5.74, 6) is 1.19. The molecule has 1 saturated carbocycles. The van der Waals surface area contributed by atoms with Gasteiger partial charge in [0.05, 0.1) is 19.2 Å². The van der Waals surface area contributed by atoms with Crippen LogP contribution < -0.4 is 14.8 Å². The first kappa shape index (κ1) is 14.4. The third-order valence-corrected chi connectivity index (χ3v) is 3.90. The minimum Gasteiger partial charge on any atom is -0.493 e. The highest BCUT2D eigenvalue weighted by atomic mass is 35.5. The topological polar surface area (TPSA) is 50.7 Å². The first-order valence-corrected chi connectivity index (χ1v) is 6.74. The van der Waals surface area contributed by atoms with Gasteiger partial charge in [-0.3, -0.25) is 0 Å². The zero-order valence-corrected chi connectivity index (χ0v) is 12.1. The van der Waals surface area contributed by atoms with Crippen molar-refractivity contribution in [3.63, 3.8) is 0 Å². The quantitative estimate of drug-likeness (QED) is 0.807. The summed E-state index contributed by atoms with van der Waals surface area (Å²) < 4.78 is 10.5. The molecule has 19 heavy (non-hydrogen) atoms. The van der Waals surface area contributed by atoms with Crippen LogP contribution in [0.25, 0.3) is 0 Å². The maximum absolute atomic E-state index is 9.25. The van der Waals surface area contributed by atoms with Crippen molar-refractivity contribution in [3.8, 4) is 11.5 Å². The fraction of sp³-hybridized carbons (Fsp3) is 0.571. The van der Waals surface area contributed by atoms with E-state index in [4.69, 9.17) is 21.1 Å². The number of rotatable bonds is 7. The molecular weight excluding hydrogens is 266 g/mol. The van der Waals surface area contributed by atoms with Crippen molar-refractivity contribution >= 4 is 11.6 Å². The molecule has 0 saturated heterocycles. The highest BCUT2D eigenvalue weighted by molar-refractivity contribution is 6.32. The largest absolute Gasteiger partial charge is 0.493 e. The SMILES string of the molecule is COc1cc(CNCC2(CO)CC2)cc(Cl)c1OC. The maximum Gasteiger partial charge on any atom is 0.179 e.